The van der Waals surface area contributed by atoms with Gasteiger partial charge in [0.05, 0.1) is 51.0 Å². The number of hydrogen-bond donors (Lipinski definition) is 1. The van der Waals surface area contributed by atoms with E-state index in [0.29, 0.717) is 44.8 Å². The van der Waals surface area contributed by atoms with Gasteiger partial charge in [0.15, 0.2) is 11.5 Å². The molecule has 8 nitrogen and oxygen atoms in total. The number of carbonyl (C=O) groups excluding carboxylic acids is 1. The minimum absolute atomic E-state index is 0.0564. The molecule has 160 valence electrons. The Morgan fingerprint density at radius 3 is 2.35 bits per heavy atom. The van der Waals surface area contributed by atoms with Crippen molar-refractivity contribution in [3.63, 3.8) is 0 Å². The Balaban J connectivity index is 1.81. The zero-order valence-corrected chi connectivity index (χ0v) is 18.3. The van der Waals surface area contributed by atoms with Gasteiger partial charge in [-0.25, -0.2) is 4.98 Å². The number of fused-ring (bicyclic) bond motifs is 1. The molecule has 1 amide bonds. The smallest absolute Gasteiger partial charge is 0.234 e. The molecule has 0 fully saturated rings. The number of hydrogen-bond acceptors (Lipinski definition) is 8. The van der Waals surface area contributed by atoms with Gasteiger partial charge in [-0.2, -0.15) is 5.26 Å². The van der Waals surface area contributed by atoms with Gasteiger partial charge >= 0.3 is 0 Å². The summed E-state index contributed by atoms with van der Waals surface area (Å²) in [7, 11) is 6.15. The van der Waals surface area contributed by atoms with E-state index in [0.717, 1.165) is 5.39 Å². The van der Waals surface area contributed by atoms with Crippen LogP contribution >= 0.6 is 11.8 Å². The number of carbonyl (C=O) groups is 1. The zero-order valence-electron chi connectivity index (χ0n) is 17.5. The van der Waals surface area contributed by atoms with Crippen molar-refractivity contribution in [1.29, 1.82) is 5.26 Å². The standard InChI is InChI=1S/C22H21N3O5S/c1-27-15-5-6-18(28-2)17(9-15)24-21(26)12-31-22-14(11-23)7-13-8-19(29-3)20(30-4)10-16(13)25-22/h5-10H,12H2,1-4H3,(H,24,26). The van der Waals surface area contributed by atoms with E-state index in [-0.39, 0.29) is 11.7 Å². The monoisotopic (exact) mass is 439 g/mol. The molecule has 0 aliphatic heterocycles. The highest BCUT2D eigenvalue weighted by Gasteiger charge is 2.15. The van der Waals surface area contributed by atoms with E-state index in [1.54, 1.807) is 57.7 Å². The molecule has 2 aromatic carbocycles. The molecule has 0 radical (unpaired) electrons. The summed E-state index contributed by atoms with van der Waals surface area (Å²) in [5.74, 6) is 1.98. The lowest BCUT2D eigenvalue weighted by Crippen LogP contribution is -2.15. The molecule has 3 aromatic rings. The maximum atomic E-state index is 12.5. The number of ether oxygens (including phenoxy) is 4. The van der Waals surface area contributed by atoms with Crippen molar-refractivity contribution >= 4 is 34.3 Å². The van der Waals surface area contributed by atoms with Crippen LogP contribution in [-0.4, -0.2) is 45.1 Å². The number of nitriles is 1. The number of amides is 1. The molecule has 1 heterocycles. The summed E-state index contributed by atoms with van der Waals surface area (Å²) in [5, 5.41) is 13.5. The maximum Gasteiger partial charge on any atom is 0.234 e. The Labute approximate surface area is 184 Å². The second-order valence-electron chi connectivity index (χ2n) is 6.26. The van der Waals surface area contributed by atoms with Gasteiger partial charge in [-0.15, -0.1) is 0 Å². The summed E-state index contributed by atoms with van der Waals surface area (Å²) < 4.78 is 21.1. The van der Waals surface area contributed by atoms with Gasteiger partial charge in [0.25, 0.3) is 0 Å². The number of methoxy groups -OCH3 is 4. The fraction of sp³-hybridized carbons (Fsp3) is 0.227. The average molecular weight is 439 g/mol. The van der Waals surface area contributed by atoms with Crippen molar-refractivity contribution in [2.24, 2.45) is 0 Å². The first kappa shape index (κ1) is 22.1. The van der Waals surface area contributed by atoms with Crippen LogP contribution in [0.25, 0.3) is 10.9 Å². The van der Waals surface area contributed by atoms with Crippen LogP contribution in [-0.2, 0) is 4.79 Å². The second kappa shape index (κ2) is 9.91. The highest BCUT2D eigenvalue weighted by Crippen LogP contribution is 2.34. The van der Waals surface area contributed by atoms with Gasteiger partial charge in [-0.3, -0.25) is 4.79 Å². The van der Waals surface area contributed by atoms with Crippen LogP contribution in [0.15, 0.2) is 41.4 Å². The summed E-state index contributed by atoms with van der Waals surface area (Å²) in [6, 6.07) is 12.5. The minimum atomic E-state index is -0.269. The molecule has 0 saturated carbocycles. The molecule has 0 spiro atoms. The number of rotatable bonds is 8. The van der Waals surface area contributed by atoms with Crippen molar-refractivity contribution in [2.75, 3.05) is 39.5 Å². The van der Waals surface area contributed by atoms with Crippen molar-refractivity contribution in [3.8, 4) is 29.1 Å². The van der Waals surface area contributed by atoms with E-state index in [1.807, 2.05) is 0 Å². The van der Waals surface area contributed by atoms with Crippen LogP contribution in [0.5, 0.6) is 23.0 Å². The normalized spacial score (nSPS) is 10.3. The predicted molar refractivity (Wildman–Crippen MR) is 118 cm³/mol. The lowest BCUT2D eigenvalue weighted by atomic mass is 10.1. The van der Waals surface area contributed by atoms with Gasteiger partial charge in [-0.05, 0) is 24.3 Å². The van der Waals surface area contributed by atoms with Gasteiger partial charge in [-0.1, -0.05) is 11.8 Å². The number of nitrogens with one attached hydrogen (secondary N) is 1. The first-order chi connectivity index (χ1) is 15.0. The van der Waals surface area contributed by atoms with Crippen LogP contribution in [0.1, 0.15) is 5.56 Å². The van der Waals surface area contributed by atoms with E-state index in [4.69, 9.17) is 18.9 Å². The van der Waals surface area contributed by atoms with Crippen molar-refractivity contribution in [2.45, 2.75) is 5.03 Å². The summed E-state index contributed by atoms with van der Waals surface area (Å²) in [6.07, 6.45) is 0. The third kappa shape index (κ3) is 4.92. The summed E-state index contributed by atoms with van der Waals surface area (Å²) in [6.45, 7) is 0. The maximum absolute atomic E-state index is 12.5. The van der Waals surface area contributed by atoms with Gasteiger partial charge in [0, 0.05) is 17.5 Å². The molecule has 0 saturated heterocycles. The molecule has 1 aromatic heterocycles. The highest BCUT2D eigenvalue weighted by atomic mass is 32.2. The van der Waals surface area contributed by atoms with Crippen LogP contribution in [0.2, 0.25) is 0 Å². The Hall–Kier alpha value is -3.64. The van der Waals surface area contributed by atoms with E-state index in [2.05, 4.69) is 16.4 Å². The SMILES string of the molecule is COc1ccc(OC)c(NC(=O)CSc2nc3cc(OC)c(OC)cc3cc2C#N)c1. The molecule has 0 aliphatic rings. The fourth-order valence-corrected chi connectivity index (χ4v) is 3.67. The van der Waals surface area contributed by atoms with Crippen molar-refractivity contribution < 1.29 is 23.7 Å². The molecule has 31 heavy (non-hydrogen) atoms. The fourth-order valence-electron chi connectivity index (χ4n) is 2.91. The van der Waals surface area contributed by atoms with Crippen LogP contribution in [0, 0.1) is 11.3 Å². The number of aromatic nitrogens is 1. The zero-order chi connectivity index (χ0) is 22.4. The van der Waals surface area contributed by atoms with Gasteiger partial charge < -0.3 is 24.3 Å². The molecular formula is C22H21N3O5S. The number of pyridine rings is 1. The Morgan fingerprint density at radius 1 is 1.00 bits per heavy atom. The summed E-state index contributed by atoms with van der Waals surface area (Å²) in [5.41, 5.74) is 1.50. The number of nitrogens with zero attached hydrogens (tertiary/aromatic N) is 2. The summed E-state index contributed by atoms with van der Waals surface area (Å²) >= 11 is 1.17. The predicted octanol–water partition coefficient (Wildman–Crippen LogP) is 3.87. The Bertz CT molecular complexity index is 1160. The second-order valence-corrected chi connectivity index (χ2v) is 7.22. The third-order valence-electron chi connectivity index (χ3n) is 4.43. The van der Waals surface area contributed by atoms with E-state index < -0.39 is 0 Å². The molecule has 0 bridgehead atoms. The van der Waals surface area contributed by atoms with Crippen LogP contribution in [0.3, 0.4) is 0 Å². The van der Waals surface area contributed by atoms with E-state index in [1.165, 1.54) is 18.9 Å². The van der Waals surface area contributed by atoms with Gasteiger partial charge in [0.2, 0.25) is 5.91 Å². The topological polar surface area (TPSA) is 103 Å². The molecule has 3 rings (SSSR count). The van der Waals surface area contributed by atoms with Crippen molar-refractivity contribution in [1.82, 2.24) is 4.98 Å². The lowest BCUT2D eigenvalue weighted by molar-refractivity contribution is -0.113. The molecule has 0 unspecified atom stereocenters. The molecule has 0 aliphatic carbocycles. The number of benzene rings is 2. The molecular weight excluding hydrogens is 418 g/mol. The largest absolute Gasteiger partial charge is 0.497 e. The van der Waals surface area contributed by atoms with Crippen LogP contribution < -0.4 is 24.3 Å². The first-order valence-electron chi connectivity index (χ1n) is 9.14. The minimum Gasteiger partial charge on any atom is -0.497 e. The molecule has 0 atom stereocenters. The van der Waals surface area contributed by atoms with E-state index >= 15 is 0 Å². The average Bonchev–Trinajstić information content (AvgIpc) is 2.80. The van der Waals surface area contributed by atoms with Crippen molar-refractivity contribution in [3.05, 3.63) is 42.0 Å². The van der Waals surface area contributed by atoms with E-state index in [9.17, 15) is 10.1 Å². The Kier molecular flexibility index (Phi) is 7.05. The highest BCUT2D eigenvalue weighted by molar-refractivity contribution is 8.00. The quantitative estimate of drug-likeness (QED) is 0.528. The first-order valence-corrected chi connectivity index (χ1v) is 10.1. The third-order valence-corrected chi connectivity index (χ3v) is 5.42. The number of thioether (sulfide) groups is 1. The molecule has 9 heteroatoms. The Morgan fingerprint density at radius 2 is 1.71 bits per heavy atom. The summed E-state index contributed by atoms with van der Waals surface area (Å²) in [4.78, 5) is 17.1. The lowest BCUT2D eigenvalue weighted by Gasteiger charge is -2.12. The number of anilines is 1. The molecule has 1 N–H and O–H groups in total. The van der Waals surface area contributed by atoms with Crippen LogP contribution in [0.4, 0.5) is 5.69 Å². The van der Waals surface area contributed by atoms with Gasteiger partial charge in [0.1, 0.15) is 22.6 Å².